The Morgan fingerprint density at radius 1 is 1.08 bits per heavy atom. The van der Waals surface area contributed by atoms with Crippen LogP contribution < -0.4 is 10.5 Å². The smallest absolute Gasteiger partial charge is 0.264 e. The molecule has 2 aromatic heterocycles. The largest absolute Gasteiger partial charge is 0.384 e. The van der Waals surface area contributed by atoms with Crippen molar-refractivity contribution in [3.05, 3.63) is 64.9 Å². The molecule has 0 fully saturated rings. The number of nitrogens with zero attached hydrogens (tertiary/aromatic N) is 2. The van der Waals surface area contributed by atoms with Gasteiger partial charge >= 0.3 is 0 Å². The van der Waals surface area contributed by atoms with Crippen molar-refractivity contribution in [2.24, 2.45) is 0 Å². The lowest BCUT2D eigenvalue weighted by molar-refractivity contribution is 0.601. The zero-order valence-electron chi connectivity index (χ0n) is 14.2. The lowest BCUT2D eigenvalue weighted by Crippen LogP contribution is -2.15. The summed E-state index contributed by atoms with van der Waals surface area (Å²) in [7, 11) is -3.91. The zero-order valence-corrected chi connectivity index (χ0v) is 15.8. The Kier molecular flexibility index (Phi) is 4.84. The summed E-state index contributed by atoms with van der Waals surface area (Å²) in [6.45, 7) is 3.65. The molecule has 0 spiro atoms. The summed E-state index contributed by atoms with van der Waals surface area (Å²) < 4.78 is 28.1. The van der Waals surface area contributed by atoms with Gasteiger partial charge in [0.15, 0.2) is 0 Å². The predicted octanol–water partition coefficient (Wildman–Crippen LogP) is 3.80. The lowest BCUT2D eigenvalue weighted by Gasteiger charge is -2.13. The van der Waals surface area contributed by atoms with Crippen LogP contribution in [0.25, 0.3) is 11.1 Å². The summed E-state index contributed by atoms with van der Waals surface area (Å²) in [6, 6.07) is 10.0. The van der Waals surface area contributed by atoms with E-state index in [4.69, 9.17) is 17.3 Å². The van der Waals surface area contributed by atoms with Crippen LogP contribution in [-0.2, 0) is 10.0 Å². The Morgan fingerprint density at radius 2 is 1.85 bits per heavy atom. The van der Waals surface area contributed by atoms with E-state index in [0.717, 1.165) is 11.1 Å². The molecule has 0 atom stereocenters. The average molecular weight is 389 g/mol. The molecule has 0 radical (unpaired) electrons. The Bertz CT molecular complexity index is 1080. The van der Waals surface area contributed by atoms with Gasteiger partial charge in [0, 0.05) is 18.0 Å². The summed E-state index contributed by atoms with van der Waals surface area (Å²) in [5.41, 5.74) is 8.74. The Morgan fingerprint density at radius 3 is 2.54 bits per heavy atom. The molecule has 1 aromatic carbocycles. The number of hydrogen-bond acceptors (Lipinski definition) is 5. The van der Waals surface area contributed by atoms with E-state index >= 15 is 0 Å². The van der Waals surface area contributed by atoms with Crippen LogP contribution in [0.1, 0.15) is 11.1 Å². The highest BCUT2D eigenvalue weighted by atomic mass is 35.5. The Hall–Kier alpha value is -2.64. The number of sulfonamides is 1. The maximum absolute atomic E-state index is 12.8. The van der Waals surface area contributed by atoms with Gasteiger partial charge < -0.3 is 5.73 Å². The molecule has 0 aliphatic heterocycles. The zero-order chi connectivity index (χ0) is 18.9. The fourth-order valence-corrected chi connectivity index (χ4v) is 4.14. The number of benzene rings is 1. The molecule has 8 heteroatoms. The molecular weight excluding hydrogens is 372 g/mol. The first-order valence-electron chi connectivity index (χ1n) is 7.74. The summed E-state index contributed by atoms with van der Waals surface area (Å²) in [6.07, 6.45) is 3.13. The third-order valence-corrected chi connectivity index (χ3v) is 5.72. The second-order valence-electron chi connectivity index (χ2n) is 5.84. The highest BCUT2D eigenvalue weighted by molar-refractivity contribution is 7.92. The third-order valence-electron chi connectivity index (χ3n) is 3.90. The van der Waals surface area contributed by atoms with E-state index in [1.807, 2.05) is 6.92 Å². The number of nitrogens with two attached hydrogens (primary N) is 1. The van der Waals surface area contributed by atoms with Crippen LogP contribution in [0.5, 0.6) is 0 Å². The van der Waals surface area contributed by atoms with E-state index in [-0.39, 0.29) is 15.7 Å². The molecule has 134 valence electrons. The van der Waals surface area contributed by atoms with Crippen molar-refractivity contribution in [2.45, 2.75) is 18.7 Å². The lowest BCUT2D eigenvalue weighted by atomic mass is 10.0. The van der Waals surface area contributed by atoms with Crippen LogP contribution in [-0.4, -0.2) is 18.4 Å². The summed E-state index contributed by atoms with van der Waals surface area (Å²) in [4.78, 5) is 8.12. The van der Waals surface area contributed by atoms with Gasteiger partial charge in [-0.3, -0.25) is 4.72 Å². The van der Waals surface area contributed by atoms with Crippen LogP contribution >= 0.6 is 11.6 Å². The quantitative estimate of drug-likeness (QED) is 0.708. The van der Waals surface area contributed by atoms with Crippen molar-refractivity contribution in [3.8, 4) is 11.1 Å². The molecule has 26 heavy (non-hydrogen) atoms. The van der Waals surface area contributed by atoms with Gasteiger partial charge in [-0.25, -0.2) is 18.4 Å². The van der Waals surface area contributed by atoms with Crippen LogP contribution in [0.4, 0.5) is 11.6 Å². The monoisotopic (exact) mass is 388 g/mol. The van der Waals surface area contributed by atoms with Crippen molar-refractivity contribution in [3.63, 3.8) is 0 Å². The molecule has 0 unspecified atom stereocenters. The highest BCUT2D eigenvalue weighted by Gasteiger charge is 2.21. The minimum Gasteiger partial charge on any atom is -0.384 e. The molecule has 0 aliphatic rings. The van der Waals surface area contributed by atoms with Crippen molar-refractivity contribution < 1.29 is 8.42 Å². The maximum atomic E-state index is 12.8. The van der Waals surface area contributed by atoms with Gasteiger partial charge in [-0.05, 0) is 54.8 Å². The molecule has 3 aromatic rings. The summed E-state index contributed by atoms with van der Waals surface area (Å²) in [5.74, 6) is 0.666. The van der Waals surface area contributed by atoms with E-state index < -0.39 is 10.0 Å². The SMILES string of the molecule is Cc1cc(N)ncc1-c1ccc(Cl)c(S(=O)(=O)Nc2ncccc2C)c1. The van der Waals surface area contributed by atoms with E-state index in [9.17, 15) is 8.42 Å². The fraction of sp³-hybridized carbons (Fsp3) is 0.111. The number of aromatic nitrogens is 2. The van der Waals surface area contributed by atoms with Crippen LogP contribution in [0.2, 0.25) is 5.02 Å². The number of halogens is 1. The van der Waals surface area contributed by atoms with Gasteiger partial charge in [0.2, 0.25) is 0 Å². The van der Waals surface area contributed by atoms with Crippen molar-refractivity contribution in [2.75, 3.05) is 10.5 Å². The average Bonchev–Trinajstić information content (AvgIpc) is 2.57. The van der Waals surface area contributed by atoms with E-state index in [1.165, 1.54) is 12.3 Å². The minimum atomic E-state index is -3.91. The molecule has 3 rings (SSSR count). The van der Waals surface area contributed by atoms with Crippen LogP contribution in [0.15, 0.2) is 53.7 Å². The number of rotatable bonds is 4. The Balaban J connectivity index is 2.06. The molecule has 3 N–H and O–H groups in total. The first-order chi connectivity index (χ1) is 12.3. The molecule has 0 saturated carbocycles. The highest BCUT2D eigenvalue weighted by Crippen LogP contribution is 2.31. The molecule has 0 saturated heterocycles. The van der Waals surface area contributed by atoms with Gasteiger partial charge in [0.05, 0.1) is 5.02 Å². The summed E-state index contributed by atoms with van der Waals surface area (Å²) >= 11 is 6.16. The first-order valence-corrected chi connectivity index (χ1v) is 9.60. The number of aryl methyl sites for hydroxylation is 2. The van der Waals surface area contributed by atoms with Crippen molar-refractivity contribution in [1.82, 2.24) is 9.97 Å². The minimum absolute atomic E-state index is 0.0297. The van der Waals surface area contributed by atoms with E-state index in [0.29, 0.717) is 16.9 Å². The molecular formula is C18H17ClN4O2S. The van der Waals surface area contributed by atoms with Crippen LogP contribution in [0, 0.1) is 13.8 Å². The number of nitrogens with one attached hydrogen (secondary N) is 1. The number of anilines is 2. The van der Waals surface area contributed by atoms with Crippen LogP contribution in [0.3, 0.4) is 0 Å². The van der Waals surface area contributed by atoms with Gasteiger partial charge in [-0.15, -0.1) is 0 Å². The number of nitrogen functional groups attached to an aromatic ring is 1. The first kappa shape index (κ1) is 18.2. The van der Waals surface area contributed by atoms with Gasteiger partial charge in [-0.2, -0.15) is 0 Å². The standard InChI is InChI=1S/C18H17ClN4O2S/c1-11-4-3-7-21-18(11)23-26(24,25)16-9-13(5-6-15(16)19)14-10-22-17(20)8-12(14)2/h3-10H,1-2H3,(H2,20,22)(H,21,23). The van der Waals surface area contributed by atoms with Crippen molar-refractivity contribution in [1.29, 1.82) is 0 Å². The molecule has 2 heterocycles. The molecule has 0 amide bonds. The van der Waals surface area contributed by atoms with Gasteiger partial charge in [0.25, 0.3) is 10.0 Å². The van der Waals surface area contributed by atoms with Crippen molar-refractivity contribution >= 4 is 33.3 Å². The van der Waals surface area contributed by atoms with Gasteiger partial charge in [0.1, 0.15) is 16.5 Å². The van der Waals surface area contributed by atoms with E-state index in [2.05, 4.69) is 14.7 Å². The molecule has 6 nitrogen and oxygen atoms in total. The third kappa shape index (κ3) is 3.63. The number of pyridine rings is 2. The van der Waals surface area contributed by atoms with Gasteiger partial charge in [-0.1, -0.05) is 23.7 Å². The predicted molar refractivity (Wildman–Crippen MR) is 104 cm³/mol. The second kappa shape index (κ2) is 6.93. The molecule has 0 bridgehead atoms. The Labute approximate surface area is 157 Å². The second-order valence-corrected chi connectivity index (χ2v) is 7.90. The summed E-state index contributed by atoms with van der Waals surface area (Å²) in [5, 5.41) is 0.121. The van der Waals surface area contributed by atoms with E-state index in [1.54, 1.807) is 43.5 Å². The topological polar surface area (TPSA) is 98.0 Å². The number of hydrogen-bond donors (Lipinski definition) is 2. The maximum Gasteiger partial charge on any atom is 0.264 e. The fourth-order valence-electron chi connectivity index (χ4n) is 2.53. The molecule has 0 aliphatic carbocycles. The normalized spacial score (nSPS) is 11.3.